The number of amides is 1. The van der Waals surface area contributed by atoms with Crippen molar-refractivity contribution in [3.63, 3.8) is 0 Å². The lowest BCUT2D eigenvalue weighted by molar-refractivity contribution is 0.102. The van der Waals surface area contributed by atoms with Crippen LogP contribution < -0.4 is 10.1 Å². The average molecular weight is 489 g/mol. The Morgan fingerprint density at radius 1 is 1.00 bits per heavy atom. The Kier molecular flexibility index (Phi) is 6.28. The molecule has 0 unspecified atom stereocenters. The Labute approximate surface area is 196 Å². The molecule has 32 heavy (non-hydrogen) atoms. The molecule has 4 rings (SSSR count). The number of fused-ring (bicyclic) bond motifs is 1. The van der Waals surface area contributed by atoms with E-state index >= 15 is 0 Å². The van der Waals surface area contributed by atoms with E-state index in [2.05, 4.69) is 40.3 Å². The number of carbonyl (C=O) groups is 1. The lowest BCUT2D eigenvalue weighted by atomic mass is 10.0. The van der Waals surface area contributed by atoms with Crippen LogP contribution >= 0.6 is 15.9 Å². The summed E-state index contributed by atoms with van der Waals surface area (Å²) in [6, 6.07) is 19.6. The molecule has 5 heteroatoms. The molecule has 0 saturated carbocycles. The number of nitrogens with one attached hydrogen (secondary N) is 1. The van der Waals surface area contributed by atoms with Crippen LogP contribution in [0.3, 0.4) is 0 Å². The third kappa shape index (κ3) is 4.26. The fourth-order valence-electron chi connectivity index (χ4n) is 3.70. The second kappa shape index (κ2) is 9.13. The average Bonchev–Trinajstić information content (AvgIpc) is 2.83. The zero-order chi connectivity index (χ0) is 22.8. The molecule has 1 amide bonds. The quantitative estimate of drug-likeness (QED) is 0.325. The van der Waals surface area contributed by atoms with Crippen molar-refractivity contribution in [1.29, 1.82) is 0 Å². The number of nitrogens with zero attached hydrogens (tertiary/aromatic N) is 1. The van der Waals surface area contributed by atoms with Gasteiger partial charge in [0, 0.05) is 21.1 Å². The van der Waals surface area contributed by atoms with Crippen molar-refractivity contribution in [1.82, 2.24) is 4.98 Å². The van der Waals surface area contributed by atoms with Crippen LogP contribution in [0.25, 0.3) is 22.2 Å². The van der Waals surface area contributed by atoms with E-state index in [1.165, 1.54) is 5.56 Å². The third-order valence-corrected chi connectivity index (χ3v) is 6.74. The molecule has 3 aromatic carbocycles. The van der Waals surface area contributed by atoms with E-state index in [-0.39, 0.29) is 5.91 Å². The number of carbonyl (C=O) groups excluding carboxylic acids is 1. The van der Waals surface area contributed by atoms with Gasteiger partial charge in [0.05, 0.1) is 23.9 Å². The van der Waals surface area contributed by atoms with Crippen LogP contribution in [0.2, 0.25) is 0 Å². The normalized spacial score (nSPS) is 10.9. The van der Waals surface area contributed by atoms with Gasteiger partial charge in [-0.15, -0.1) is 0 Å². The first-order chi connectivity index (χ1) is 15.4. The maximum Gasteiger partial charge on any atom is 0.256 e. The van der Waals surface area contributed by atoms with Crippen molar-refractivity contribution < 1.29 is 9.53 Å². The van der Waals surface area contributed by atoms with E-state index < -0.39 is 0 Å². The Hall–Kier alpha value is -3.18. The predicted octanol–water partition coefficient (Wildman–Crippen LogP) is 7.10. The summed E-state index contributed by atoms with van der Waals surface area (Å²) in [4.78, 5) is 18.3. The first-order valence-electron chi connectivity index (χ1n) is 10.6. The van der Waals surface area contributed by atoms with Crippen LogP contribution in [-0.4, -0.2) is 18.0 Å². The first-order valence-corrected chi connectivity index (χ1v) is 11.4. The van der Waals surface area contributed by atoms with Crippen LogP contribution in [0.4, 0.5) is 5.69 Å². The number of benzene rings is 3. The molecule has 0 aliphatic rings. The van der Waals surface area contributed by atoms with Crippen LogP contribution in [0, 0.1) is 13.8 Å². The summed E-state index contributed by atoms with van der Waals surface area (Å²) in [5, 5.41) is 3.97. The molecule has 0 atom stereocenters. The SMILES string of the molecule is CCc1ccc2nc(-c3ccc(OC)cc3)cc(C(=O)Nc3ccc(Br)c(C)c3C)c2c1. The van der Waals surface area contributed by atoms with Gasteiger partial charge in [-0.05, 0) is 91.6 Å². The van der Waals surface area contributed by atoms with Crippen LogP contribution in [-0.2, 0) is 6.42 Å². The predicted molar refractivity (Wildman–Crippen MR) is 135 cm³/mol. The molecule has 0 radical (unpaired) electrons. The number of pyridine rings is 1. The summed E-state index contributed by atoms with van der Waals surface area (Å²) < 4.78 is 6.30. The van der Waals surface area contributed by atoms with Gasteiger partial charge in [-0.3, -0.25) is 4.79 Å². The Balaban J connectivity index is 1.83. The van der Waals surface area contributed by atoms with E-state index in [1.54, 1.807) is 7.11 Å². The van der Waals surface area contributed by atoms with Crippen molar-refractivity contribution in [3.8, 4) is 17.0 Å². The van der Waals surface area contributed by atoms with Crippen molar-refractivity contribution in [2.45, 2.75) is 27.2 Å². The van der Waals surface area contributed by atoms with E-state index in [0.717, 1.165) is 55.6 Å². The largest absolute Gasteiger partial charge is 0.497 e. The molecule has 1 heterocycles. The molecular formula is C27H25BrN2O2. The number of rotatable bonds is 5. The minimum atomic E-state index is -0.148. The van der Waals surface area contributed by atoms with Gasteiger partial charge in [0.15, 0.2) is 0 Å². The minimum Gasteiger partial charge on any atom is -0.497 e. The molecule has 4 nitrogen and oxygen atoms in total. The van der Waals surface area contributed by atoms with Gasteiger partial charge >= 0.3 is 0 Å². The number of anilines is 1. The van der Waals surface area contributed by atoms with Crippen molar-refractivity contribution >= 4 is 38.4 Å². The highest BCUT2D eigenvalue weighted by molar-refractivity contribution is 9.10. The highest BCUT2D eigenvalue weighted by Crippen LogP contribution is 2.30. The fourth-order valence-corrected chi connectivity index (χ4v) is 4.13. The molecule has 0 fully saturated rings. The van der Waals surface area contributed by atoms with Crippen LogP contribution in [0.1, 0.15) is 34.0 Å². The van der Waals surface area contributed by atoms with Gasteiger partial charge in [0.2, 0.25) is 0 Å². The van der Waals surface area contributed by atoms with Gasteiger partial charge in [-0.25, -0.2) is 4.98 Å². The number of aromatic nitrogens is 1. The number of halogens is 1. The second-order valence-corrected chi connectivity index (χ2v) is 8.64. The topological polar surface area (TPSA) is 51.2 Å². The smallest absolute Gasteiger partial charge is 0.256 e. The van der Waals surface area contributed by atoms with E-state index in [4.69, 9.17) is 9.72 Å². The minimum absolute atomic E-state index is 0.148. The maximum absolute atomic E-state index is 13.5. The highest BCUT2D eigenvalue weighted by atomic mass is 79.9. The van der Waals surface area contributed by atoms with Gasteiger partial charge < -0.3 is 10.1 Å². The molecule has 0 aliphatic carbocycles. The molecule has 0 saturated heterocycles. The Bertz CT molecular complexity index is 1310. The first kappa shape index (κ1) is 22.0. The fraction of sp³-hybridized carbons (Fsp3) is 0.185. The van der Waals surface area contributed by atoms with Crippen LogP contribution in [0.15, 0.2) is 65.1 Å². The molecule has 0 aliphatic heterocycles. The number of methoxy groups -OCH3 is 1. The van der Waals surface area contributed by atoms with E-state index in [9.17, 15) is 4.79 Å². The van der Waals surface area contributed by atoms with Crippen molar-refractivity contribution in [2.24, 2.45) is 0 Å². The van der Waals surface area contributed by atoms with Gasteiger partial charge in [0.25, 0.3) is 5.91 Å². The van der Waals surface area contributed by atoms with Crippen molar-refractivity contribution in [2.75, 3.05) is 12.4 Å². The number of hydrogen-bond donors (Lipinski definition) is 1. The summed E-state index contributed by atoms with van der Waals surface area (Å²) in [5.41, 5.74) is 7.19. The molecule has 0 spiro atoms. The lowest BCUT2D eigenvalue weighted by Gasteiger charge is -2.14. The lowest BCUT2D eigenvalue weighted by Crippen LogP contribution is -2.14. The molecular weight excluding hydrogens is 464 g/mol. The summed E-state index contributed by atoms with van der Waals surface area (Å²) in [6.45, 7) is 6.15. The number of aryl methyl sites for hydroxylation is 1. The standard InChI is InChI=1S/C27H25BrN2O2/c1-5-18-6-12-25-21(14-18)22(15-26(29-25)19-7-9-20(32-4)10-8-19)27(31)30-24-13-11-23(28)16(2)17(24)3/h6-15H,5H2,1-4H3,(H,30,31). The summed E-state index contributed by atoms with van der Waals surface area (Å²) in [6.07, 6.45) is 0.891. The number of hydrogen-bond acceptors (Lipinski definition) is 3. The summed E-state index contributed by atoms with van der Waals surface area (Å²) in [5.74, 6) is 0.631. The zero-order valence-electron chi connectivity index (χ0n) is 18.6. The monoisotopic (exact) mass is 488 g/mol. The van der Waals surface area contributed by atoms with E-state index in [0.29, 0.717) is 5.56 Å². The molecule has 1 aromatic heterocycles. The molecule has 1 N–H and O–H groups in total. The Morgan fingerprint density at radius 3 is 2.44 bits per heavy atom. The van der Waals surface area contributed by atoms with Gasteiger partial charge in [-0.2, -0.15) is 0 Å². The van der Waals surface area contributed by atoms with Gasteiger partial charge in [0.1, 0.15) is 5.75 Å². The zero-order valence-corrected chi connectivity index (χ0v) is 20.2. The molecule has 0 bridgehead atoms. The number of ether oxygens (including phenoxy) is 1. The second-order valence-electron chi connectivity index (χ2n) is 7.79. The maximum atomic E-state index is 13.5. The third-order valence-electron chi connectivity index (χ3n) is 5.88. The van der Waals surface area contributed by atoms with Crippen molar-refractivity contribution in [3.05, 3.63) is 87.4 Å². The Morgan fingerprint density at radius 2 is 1.75 bits per heavy atom. The van der Waals surface area contributed by atoms with Crippen LogP contribution in [0.5, 0.6) is 5.75 Å². The van der Waals surface area contributed by atoms with Gasteiger partial charge in [-0.1, -0.05) is 28.9 Å². The molecule has 4 aromatic rings. The highest BCUT2D eigenvalue weighted by Gasteiger charge is 2.16. The molecule has 162 valence electrons. The summed E-state index contributed by atoms with van der Waals surface area (Å²) >= 11 is 3.56. The van der Waals surface area contributed by atoms with E-state index in [1.807, 2.05) is 62.4 Å². The summed E-state index contributed by atoms with van der Waals surface area (Å²) in [7, 11) is 1.64.